The lowest BCUT2D eigenvalue weighted by molar-refractivity contribution is 0.600. The zero-order chi connectivity index (χ0) is 17.6. The molecule has 0 aliphatic heterocycles. The predicted molar refractivity (Wildman–Crippen MR) is 98.5 cm³/mol. The number of sulfonamides is 1. The second-order valence-electron chi connectivity index (χ2n) is 5.30. The summed E-state index contributed by atoms with van der Waals surface area (Å²) in [6, 6.07) is 11.5. The highest BCUT2D eigenvalue weighted by Gasteiger charge is 2.11. The van der Waals surface area contributed by atoms with Crippen LogP contribution in [0.2, 0.25) is 0 Å². The summed E-state index contributed by atoms with van der Waals surface area (Å²) in [6.45, 7) is 5.85. The summed E-state index contributed by atoms with van der Waals surface area (Å²) in [6.07, 6.45) is 0. The van der Waals surface area contributed by atoms with Crippen molar-refractivity contribution in [1.82, 2.24) is 10.6 Å². The number of hydrogen-bond donors (Lipinski definition) is 3. The zero-order valence-electron chi connectivity index (χ0n) is 13.7. The topological polar surface area (TPSA) is 96.6 Å². The molecule has 0 atom stereocenters. The quantitative estimate of drug-likeness (QED) is 0.538. The van der Waals surface area contributed by atoms with Gasteiger partial charge in [-0.3, -0.25) is 0 Å². The minimum Gasteiger partial charge on any atom is -0.357 e. The van der Waals surface area contributed by atoms with E-state index >= 15 is 0 Å². The van der Waals surface area contributed by atoms with Crippen LogP contribution in [0.3, 0.4) is 0 Å². The Kier molecular flexibility index (Phi) is 6.36. The van der Waals surface area contributed by atoms with Gasteiger partial charge in [0.15, 0.2) is 5.96 Å². The van der Waals surface area contributed by atoms with Gasteiger partial charge < -0.3 is 10.6 Å². The Hall–Kier alpha value is -1.90. The Balaban J connectivity index is 1.98. The third kappa shape index (κ3) is 5.63. The summed E-state index contributed by atoms with van der Waals surface area (Å²) >= 11 is 1.16. The van der Waals surface area contributed by atoms with Crippen LogP contribution in [0.15, 0.2) is 45.6 Å². The number of nitrogens with zero attached hydrogens (tertiary/aromatic N) is 1. The molecule has 2 rings (SSSR count). The summed E-state index contributed by atoms with van der Waals surface area (Å²) in [4.78, 5) is 5.42. The predicted octanol–water partition coefficient (Wildman–Crippen LogP) is 1.96. The third-order valence-electron chi connectivity index (χ3n) is 3.23. The van der Waals surface area contributed by atoms with E-state index in [4.69, 9.17) is 5.14 Å². The van der Waals surface area contributed by atoms with E-state index in [1.165, 1.54) is 11.6 Å². The molecule has 2 aromatic rings. The van der Waals surface area contributed by atoms with Crippen molar-refractivity contribution in [3.05, 3.63) is 52.4 Å². The van der Waals surface area contributed by atoms with Crippen LogP contribution in [0, 0.1) is 6.92 Å². The number of thiophene rings is 1. The van der Waals surface area contributed by atoms with Gasteiger partial charge in [-0.15, -0.1) is 11.3 Å². The number of hydrogen-bond acceptors (Lipinski definition) is 4. The fraction of sp³-hybridized carbons (Fsp3) is 0.312. The number of aliphatic imine (C=N–C) groups is 1. The Labute approximate surface area is 146 Å². The molecule has 130 valence electrons. The Morgan fingerprint density at radius 2 is 1.88 bits per heavy atom. The molecule has 1 aromatic carbocycles. The van der Waals surface area contributed by atoms with Crippen molar-refractivity contribution in [3.63, 3.8) is 0 Å². The average Bonchev–Trinajstić information content (AvgIpc) is 3.01. The van der Waals surface area contributed by atoms with Gasteiger partial charge >= 0.3 is 0 Å². The van der Waals surface area contributed by atoms with Crippen molar-refractivity contribution in [2.24, 2.45) is 10.1 Å². The average molecular weight is 367 g/mol. The molecule has 0 aliphatic rings. The summed E-state index contributed by atoms with van der Waals surface area (Å²) < 4.78 is 22.8. The van der Waals surface area contributed by atoms with E-state index in [9.17, 15) is 8.42 Å². The Morgan fingerprint density at radius 3 is 2.46 bits per heavy atom. The first-order chi connectivity index (χ1) is 11.4. The van der Waals surface area contributed by atoms with E-state index in [0.717, 1.165) is 28.3 Å². The second-order valence-corrected chi connectivity index (χ2v) is 8.26. The normalized spacial score (nSPS) is 12.2. The first-order valence-electron chi connectivity index (χ1n) is 7.57. The minimum absolute atomic E-state index is 0.167. The highest BCUT2D eigenvalue weighted by molar-refractivity contribution is 7.91. The second kappa shape index (κ2) is 8.27. The van der Waals surface area contributed by atoms with Crippen LogP contribution in [-0.2, 0) is 23.1 Å². The summed E-state index contributed by atoms with van der Waals surface area (Å²) in [5, 5.41) is 11.5. The molecule has 0 fully saturated rings. The van der Waals surface area contributed by atoms with Gasteiger partial charge in [0.2, 0.25) is 10.0 Å². The molecule has 4 N–H and O–H groups in total. The van der Waals surface area contributed by atoms with Crippen LogP contribution in [0.4, 0.5) is 0 Å². The standard InChI is InChI=1S/C16H22N4O2S2/c1-3-18-16(19-10-13-6-4-12(2)5-7-13)20-11-14-8-9-15(23-14)24(17,21)22/h4-9H,3,10-11H2,1-2H3,(H2,17,21,22)(H2,18,19,20). The van der Waals surface area contributed by atoms with Crippen molar-refractivity contribution >= 4 is 27.3 Å². The van der Waals surface area contributed by atoms with E-state index in [-0.39, 0.29) is 4.21 Å². The van der Waals surface area contributed by atoms with Crippen LogP contribution in [-0.4, -0.2) is 20.9 Å². The van der Waals surface area contributed by atoms with Gasteiger partial charge in [0.1, 0.15) is 4.21 Å². The Bertz CT molecular complexity index is 796. The summed E-state index contributed by atoms with van der Waals surface area (Å²) in [7, 11) is -3.64. The first-order valence-corrected chi connectivity index (χ1v) is 9.94. The molecule has 0 unspecified atom stereocenters. The maximum absolute atomic E-state index is 11.3. The van der Waals surface area contributed by atoms with Crippen molar-refractivity contribution < 1.29 is 8.42 Å². The molecule has 0 saturated heterocycles. The molecule has 0 bridgehead atoms. The number of primary sulfonamides is 1. The van der Waals surface area contributed by atoms with Crippen LogP contribution in [0.5, 0.6) is 0 Å². The number of benzene rings is 1. The fourth-order valence-electron chi connectivity index (χ4n) is 1.98. The van der Waals surface area contributed by atoms with Crippen molar-refractivity contribution in [2.45, 2.75) is 31.1 Å². The maximum Gasteiger partial charge on any atom is 0.247 e. The molecule has 0 spiro atoms. The molecule has 6 nitrogen and oxygen atoms in total. The SMILES string of the molecule is CCNC(=NCc1ccc(C)cc1)NCc1ccc(S(N)(=O)=O)s1. The first kappa shape index (κ1) is 18.4. The monoisotopic (exact) mass is 366 g/mol. The lowest BCUT2D eigenvalue weighted by atomic mass is 10.1. The van der Waals surface area contributed by atoms with Gasteiger partial charge in [-0.25, -0.2) is 18.5 Å². The van der Waals surface area contributed by atoms with Crippen molar-refractivity contribution in [1.29, 1.82) is 0 Å². The largest absolute Gasteiger partial charge is 0.357 e. The molecule has 8 heteroatoms. The molecule has 1 heterocycles. The molecular weight excluding hydrogens is 344 g/mol. The van der Waals surface area contributed by atoms with E-state index in [2.05, 4.69) is 46.8 Å². The molecule has 1 aromatic heterocycles. The lowest BCUT2D eigenvalue weighted by Crippen LogP contribution is -2.36. The van der Waals surface area contributed by atoms with Gasteiger partial charge in [0, 0.05) is 11.4 Å². The highest BCUT2D eigenvalue weighted by atomic mass is 32.2. The summed E-state index contributed by atoms with van der Waals surface area (Å²) in [5.74, 6) is 0.684. The third-order valence-corrected chi connectivity index (χ3v) is 5.76. The number of rotatable bonds is 6. The minimum atomic E-state index is -3.64. The molecule has 24 heavy (non-hydrogen) atoms. The summed E-state index contributed by atoms with van der Waals surface area (Å²) in [5.41, 5.74) is 2.35. The highest BCUT2D eigenvalue weighted by Crippen LogP contribution is 2.19. The maximum atomic E-state index is 11.3. The van der Waals surface area contributed by atoms with E-state index in [0.29, 0.717) is 19.0 Å². The van der Waals surface area contributed by atoms with E-state index in [1.54, 1.807) is 6.07 Å². The zero-order valence-corrected chi connectivity index (χ0v) is 15.4. The van der Waals surface area contributed by atoms with E-state index < -0.39 is 10.0 Å². The number of aryl methyl sites for hydroxylation is 1. The molecular formula is C16H22N4O2S2. The van der Waals surface area contributed by atoms with Crippen LogP contribution in [0.25, 0.3) is 0 Å². The van der Waals surface area contributed by atoms with Crippen LogP contribution < -0.4 is 15.8 Å². The smallest absolute Gasteiger partial charge is 0.247 e. The van der Waals surface area contributed by atoms with Gasteiger partial charge in [-0.05, 0) is 31.5 Å². The van der Waals surface area contributed by atoms with Gasteiger partial charge in [-0.2, -0.15) is 0 Å². The van der Waals surface area contributed by atoms with Gasteiger partial charge in [0.25, 0.3) is 0 Å². The van der Waals surface area contributed by atoms with E-state index in [1.807, 2.05) is 6.92 Å². The van der Waals surface area contributed by atoms with Gasteiger partial charge in [-0.1, -0.05) is 29.8 Å². The number of nitrogens with two attached hydrogens (primary N) is 1. The van der Waals surface area contributed by atoms with Crippen molar-refractivity contribution in [2.75, 3.05) is 6.54 Å². The lowest BCUT2D eigenvalue weighted by Gasteiger charge is -2.10. The van der Waals surface area contributed by atoms with Crippen LogP contribution >= 0.6 is 11.3 Å². The van der Waals surface area contributed by atoms with Crippen LogP contribution in [0.1, 0.15) is 22.9 Å². The fourth-order valence-corrected chi connectivity index (χ4v) is 3.70. The molecule has 0 saturated carbocycles. The number of guanidine groups is 1. The Morgan fingerprint density at radius 1 is 1.17 bits per heavy atom. The van der Waals surface area contributed by atoms with Crippen molar-refractivity contribution in [3.8, 4) is 0 Å². The molecule has 0 amide bonds. The number of nitrogens with one attached hydrogen (secondary N) is 2. The molecule has 0 radical (unpaired) electrons. The molecule has 0 aliphatic carbocycles. The van der Waals surface area contributed by atoms with Gasteiger partial charge in [0.05, 0.1) is 13.1 Å².